The van der Waals surface area contributed by atoms with E-state index in [0.29, 0.717) is 5.17 Å². The zero-order valence-electron chi connectivity index (χ0n) is 15.2. The summed E-state index contributed by atoms with van der Waals surface area (Å²) < 4.78 is 24.2. The van der Waals surface area contributed by atoms with Gasteiger partial charge in [-0.05, 0) is 37.1 Å². The molecule has 2 heterocycles. The molecule has 1 aromatic rings. The highest BCUT2D eigenvalue weighted by Gasteiger charge is 2.49. The third-order valence-corrected chi connectivity index (χ3v) is 7.88. The van der Waals surface area contributed by atoms with Crippen LogP contribution in [0.25, 0.3) is 0 Å². The van der Waals surface area contributed by atoms with E-state index in [2.05, 4.69) is 4.99 Å². The normalized spacial score (nSPS) is 26.9. The van der Waals surface area contributed by atoms with Gasteiger partial charge in [0.15, 0.2) is 15.0 Å². The van der Waals surface area contributed by atoms with Crippen molar-refractivity contribution in [3.8, 4) is 0 Å². The molecule has 0 radical (unpaired) electrons. The number of nitrogens with zero attached hydrogens (tertiary/aromatic N) is 2. The fourth-order valence-electron chi connectivity index (χ4n) is 3.00. The number of hydrogen-bond acceptors (Lipinski definition) is 4. The molecule has 3 rings (SSSR count). The molecule has 1 aromatic carbocycles. The molecule has 5 nitrogen and oxygen atoms in total. The zero-order chi connectivity index (χ0) is 18.6. The van der Waals surface area contributed by atoms with Crippen LogP contribution in [0.15, 0.2) is 23.2 Å². The Bertz CT molecular complexity index is 854. The van der Waals surface area contributed by atoms with Crippen molar-refractivity contribution in [1.82, 2.24) is 0 Å². The van der Waals surface area contributed by atoms with Gasteiger partial charge in [-0.15, -0.1) is 0 Å². The first kappa shape index (κ1) is 18.5. The van der Waals surface area contributed by atoms with E-state index in [4.69, 9.17) is 0 Å². The molecule has 0 bridgehead atoms. The van der Waals surface area contributed by atoms with Crippen LogP contribution in [0.2, 0.25) is 0 Å². The van der Waals surface area contributed by atoms with Gasteiger partial charge in [-0.25, -0.2) is 8.42 Å². The second-order valence-corrected chi connectivity index (χ2v) is 11.2. The van der Waals surface area contributed by atoms with E-state index in [1.165, 1.54) is 17.3 Å². The molecule has 0 unspecified atom stereocenters. The average molecular weight is 381 g/mol. The second kappa shape index (κ2) is 6.13. The van der Waals surface area contributed by atoms with Crippen LogP contribution in [-0.4, -0.2) is 42.3 Å². The summed E-state index contributed by atoms with van der Waals surface area (Å²) in [7, 11) is -3.05. The van der Waals surface area contributed by atoms with E-state index in [-0.39, 0.29) is 28.7 Å². The number of anilines is 1. The maximum absolute atomic E-state index is 12.4. The number of benzene rings is 1. The van der Waals surface area contributed by atoms with E-state index in [1.807, 2.05) is 57.7 Å². The Morgan fingerprint density at radius 3 is 2.48 bits per heavy atom. The number of thioether (sulfide) groups is 1. The minimum absolute atomic E-state index is 0.0712. The Labute approximate surface area is 153 Å². The van der Waals surface area contributed by atoms with Crippen molar-refractivity contribution >= 4 is 38.4 Å². The van der Waals surface area contributed by atoms with Crippen LogP contribution in [-0.2, 0) is 14.6 Å². The van der Waals surface area contributed by atoms with Gasteiger partial charge in [0.05, 0.1) is 17.5 Å². The van der Waals surface area contributed by atoms with Crippen LogP contribution < -0.4 is 4.90 Å². The summed E-state index contributed by atoms with van der Waals surface area (Å²) in [5.41, 5.74) is 2.65. The summed E-state index contributed by atoms with van der Waals surface area (Å²) in [6.07, 6.45) is 0. The van der Waals surface area contributed by atoms with Crippen LogP contribution in [0.1, 0.15) is 31.9 Å². The Morgan fingerprint density at radius 1 is 1.20 bits per heavy atom. The number of aryl methyl sites for hydroxylation is 2. The number of fused-ring (bicyclic) bond motifs is 1. The molecule has 0 aliphatic carbocycles. The van der Waals surface area contributed by atoms with Crippen LogP contribution in [0.5, 0.6) is 0 Å². The van der Waals surface area contributed by atoms with E-state index >= 15 is 0 Å². The molecule has 7 heteroatoms. The molecule has 2 aliphatic rings. The van der Waals surface area contributed by atoms with Gasteiger partial charge in [-0.3, -0.25) is 4.79 Å². The maximum atomic E-state index is 12.4. The zero-order valence-corrected chi connectivity index (χ0v) is 16.9. The van der Waals surface area contributed by atoms with Crippen molar-refractivity contribution in [3.05, 3.63) is 29.3 Å². The first-order chi connectivity index (χ1) is 11.5. The summed E-state index contributed by atoms with van der Waals surface area (Å²) >= 11 is 1.42. The lowest BCUT2D eigenvalue weighted by molar-refractivity contribution is -0.124. The van der Waals surface area contributed by atoms with Crippen molar-refractivity contribution in [3.63, 3.8) is 0 Å². The molecule has 2 atom stereocenters. The van der Waals surface area contributed by atoms with Crippen LogP contribution in [0, 0.1) is 19.3 Å². The number of hydrogen-bond donors (Lipinski definition) is 0. The van der Waals surface area contributed by atoms with Crippen LogP contribution in [0.4, 0.5) is 5.69 Å². The highest BCUT2D eigenvalue weighted by molar-refractivity contribution is 8.16. The minimum Gasteiger partial charge on any atom is -0.316 e. The first-order valence-corrected chi connectivity index (χ1v) is 11.0. The Balaban J connectivity index is 2.05. The van der Waals surface area contributed by atoms with Gasteiger partial charge in [0.25, 0.3) is 5.91 Å². The van der Waals surface area contributed by atoms with Crippen molar-refractivity contribution in [1.29, 1.82) is 0 Å². The van der Waals surface area contributed by atoms with Gasteiger partial charge in [-0.1, -0.05) is 38.6 Å². The van der Waals surface area contributed by atoms with Crippen LogP contribution >= 0.6 is 11.8 Å². The van der Waals surface area contributed by atoms with Gasteiger partial charge < -0.3 is 4.90 Å². The largest absolute Gasteiger partial charge is 0.316 e. The predicted octanol–water partition coefficient (Wildman–Crippen LogP) is 2.95. The fourth-order valence-corrected chi connectivity index (χ4v) is 6.91. The summed E-state index contributed by atoms with van der Waals surface area (Å²) in [5.74, 6) is 0.0684. The molecule has 2 fully saturated rings. The lowest BCUT2D eigenvalue weighted by atomic mass is 9.96. The number of aliphatic imine (C=N–C) groups is 1. The lowest BCUT2D eigenvalue weighted by Gasteiger charge is -2.25. The average Bonchev–Trinajstić information content (AvgIpc) is 2.92. The number of carbonyl (C=O) groups excluding carboxylic acids is 1. The molecule has 0 saturated carbocycles. The third kappa shape index (κ3) is 3.62. The van der Waals surface area contributed by atoms with E-state index in [1.54, 1.807) is 0 Å². The topological polar surface area (TPSA) is 66.8 Å². The Kier molecular flexibility index (Phi) is 4.52. The highest BCUT2D eigenvalue weighted by Crippen LogP contribution is 2.41. The first-order valence-electron chi connectivity index (χ1n) is 8.35. The molecule has 2 aliphatic heterocycles. The SMILES string of the molecule is Cc1ccc(N2C(=NC(=O)C(C)(C)C)S[C@@H]3CS(=O)(=O)C[C@@H]32)cc1C. The summed E-state index contributed by atoms with van der Waals surface area (Å²) in [6, 6.07) is 5.88. The van der Waals surface area contributed by atoms with Gasteiger partial charge >= 0.3 is 0 Å². The molecule has 0 N–H and O–H groups in total. The van der Waals surface area contributed by atoms with E-state index < -0.39 is 15.3 Å². The summed E-state index contributed by atoms with van der Waals surface area (Å²) in [6.45, 7) is 9.58. The number of sulfone groups is 1. The van der Waals surface area contributed by atoms with Crippen LogP contribution in [0.3, 0.4) is 0 Å². The number of carbonyl (C=O) groups is 1. The van der Waals surface area contributed by atoms with E-state index in [9.17, 15) is 13.2 Å². The molecule has 136 valence electrons. The third-order valence-electron chi connectivity index (χ3n) is 4.67. The van der Waals surface area contributed by atoms with Gasteiger partial charge in [0.2, 0.25) is 0 Å². The highest BCUT2D eigenvalue weighted by atomic mass is 32.2. The molecule has 1 amide bonds. The number of amidine groups is 1. The number of rotatable bonds is 1. The Hall–Kier alpha value is -1.34. The monoisotopic (exact) mass is 380 g/mol. The van der Waals surface area contributed by atoms with Gasteiger partial charge in [0, 0.05) is 16.4 Å². The molecule has 25 heavy (non-hydrogen) atoms. The standard InChI is InChI=1S/C18H24N2O3S2/c1-11-6-7-13(8-12(11)2)20-14-9-25(22,23)10-15(14)24-17(20)19-16(21)18(3,4)5/h6-8,14-15H,9-10H2,1-5H3/t14-,15+/m0/s1. The van der Waals surface area contributed by atoms with Crippen molar-refractivity contribution < 1.29 is 13.2 Å². The quantitative estimate of drug-likeness (QED) is 0.749. The lowest BCUT2D eigenvalue weighted by Crippen LogP contribution is -2.38. The second-order valence-electron chi connectivity index (χ2n) is 7.89. The summed E-state index contributed by atoms with van der Waals surface area (Å²) in [5, 5.41) is 0.547. The minimum atomic E-state index is -3.05. The van der Waals surface area contributed by atoms with E-state index in [0.717, 1.165) is 11.3 Å². The summed E-state index contributed by atoms with van der Waals surface area (Å²) in [4.78, 5) is 18.7. The van der Waals surface area contributed by atoms with Crippen molar-refractivity contribution in [2.24, 2.45) is 10.4 Å². The fraction of sp³-hybridized carbons (Fsp3) is 0.556. The molecular formula is C18H24N2O3S2. The van der Waals surface area contributed by atoms with Gasteiger partial charge in [0.1, 0.15) is 0 Å². The molecule has 0 spiro atoms. The predicted molar refractivity (Wildman–Crippen MR) is 104 cm³/mol. The van der Waals surface area contributed by atoms with Gasteiger partial charge in [-0.2, -0.15) is 4.99 Å². The molecular weight excluding hydrogens is 356 g/mol. The molecule has 2 saturated heterocycles. The molecule has 0 aromatic heterocycles. The number of amides is 1. The van der Waals surface area contributed by atoms with Crippen molar-refractivity contribution in [2.45, 2.75) is 45.9 Å². The Morgan fingerprint density at radius 2 is 1.88 bits per heavy atom. The smallest absolute Gasteiger partial charge is 0.253 e. The van der Waals surface area contributed by atoms with Crippen molar-refractivity contribution in [2.75, 3.05) is 16.4 Å². The maximum Gasteiger partial charge on any atom is 0.253 e.